The van der Waals surface area contributed by atoms with Crippen molar-refractivity contribution in [2.45, 2.75) is 50.6 Å². The third kappa shape index (κ3) is 7.15. The van der Waals surface area contributed by atoms with E-state index in [1.165, 1.54) is 0 Å². The maximum absolute atomic E-state index is 14.6. The summed E-state index contributed by atoms with van der Waals surface area (Å²) in [4.78, 5) is 37.8. The monoisotopic (exact) mass is 630 g/mol. The fourth-order valence-corrected chi connectivity index (χ4v) is 7.04. The van der Waals surface area contributed by atoms with Crippen LogP contribution in [0.3, 0.4) is 0 Å². The van der Waals surface area contributed by atoms with Gasteiger partial charge in [-0.25, -0.2) is 0 Å². The second kappa shape index (κ2) is 15.5. The average Bonchev–Trinajstić information content (AvgIpc) is 3.09. The Balaban J connectivity index is 1.63. The van der Waals surface area contributed by atoms with Crippen LogP contribution in [0.5, 0.6) is 0 Å². The van der Waals surface area contributed by atoms with E-state index in [1.54, 1.807) is 0 Å². The first-order valence-corrected chi connectivity index (χ1v) is 16.7. The van der Waals surface area contributed by atoms with Crippen LogP contribution in [-0.2, 0) is 9.47 Å². The highest BCUT2D eigenvalue weighted by Gasteiger charge is 2.44. The summed E-state index contributed by atoms with van der Waals surface area (Å²) in [6.45, 7) is 18.7. The summed E-state index contributed by atoms with van der Waals surface area (Å²) < 4.78 is 11.2. The van der Waals surface area contributed by atoms with Crippen molar-refractivity contribution in [3.8, 4) is 0 Å². The minimum Gasteiger partial charge on any atom is -0.378 e. The molecule has 2 fully saturated rings. The number of carbonyl (C=O) groups excluding carboxylic acids is 2. The van der Waals surface area contributed by atoms with Gasteiger partial charge in [0, 0.05) is 48.7 Å². The first kappa shape index (κ1) is 35.6. The molecule has 0 spiro atoms. The standard InChI is InChI=1S/C38H54N4O4/c1-9-37(39(5)6,35(43)31-15-11-13-17-33(31)41-19-23-45-24-20-41)27-29(3)30(4)28-38(10-2,40(7)8)36(44)32-16-12-14-18-34(32)42-21-25-46-26-22-42/h11-18H,3-4,9-10,19-28H2,1-2,5-8H3. The highest BCUT2D eigenvalue weighted by atomic mass is 16.5. The van der Waals surface area contributed by atoms with Gasteiger partial charge in [-0.05, 0) is 78.1 Å². The van der Waals surface area contributed by atoms with Crippen molar-refractivity contribution in [1.29, 1.82) is 0 Å². The van der Waals surface area contributed by atoms with Crippen LogP contribution in [0.1, 0.15) is 60.2 Å². The predicted octanol–water partition coefficient (Wildman–Crippen LogP) is 5.74. The van der Waals surface area contributed by atoms with Gasteiger partial charge in [0.15, 0.2) is 11.6 Å². The average molecular weight is 631 g/mol. The zero-order valence-corrected chi connectivity index (χ0v) is 28.9. The Hall–Kier alpha value is -3.30. The van der Waals surface area contributed by atoms with E-state index >= 15 is 0 Å². The molecule has 0 aliphatic carbocycles. The van der Waals surface area contributed by atoms with E-state index in [2.05, 4.69) is 36.8 Å². The largest absolute Gasteiger partial charge is 0.378 e. The van der Waals surface area contributed by atoms with Gasteiger partial charge in [0.1, 0.15) is 0 Å². The van der Waals surface area contributed by atoms with Crippen LogP contribution >= 0.6 is 0 Å². The molecular formula is C38H54N4O4. The van der Waals surface area contributed by atoms with Gasteiger partial charge in [0.05, 0.1) is 37.5 Å². The van der Waals surface area contributed by atoms with Crippen LogP contribution in [0.15, 0.2) is 72.8 Å². The maximum Gasteiger partial charge on any atom is 0.185 e. The SMILES string of the molecule is C=C(CC(CC)(C(=O)c1ccccc1N1CCOCC1)N(C)C)C(=C)CC(CC)(C(=O)c1ccccc1N1CCOCC1)N(C)C. The van der Waals surface area contributed by atoms with E-state index in [-0.39, 0.29) is 11.6 Å². The topological polar surface area (TPSA) is 65.6 Å². The van der Waals surface area contributed by atoms with Gasteiger partial charge in [0.25, 0.3) is 0 Å². The molecule has 0 saturated carbocycles. The van der Waals surface area contributed by atoms with E-state index in [0.29, 0.717) is 63.2 Å². The fraction of sp³-hybridized carbons (Fsp3) is 0.526. The number of carbonyl (C=O) groups is 2. The minimum absolute atomic E-state index is 0.0703. The summed E-state index contributed by atoms with van der Waals surface area (Å²) in [5.41, 5.74) is 3.24. The molecular weight excluding hydrogens is 576 g/mol. The van der Waals surface area contributed by atoms with Crippen molar-refractivity contribution in [3.63, 3.8) is 0 Å². The first-order valence-electron chi connectivity index (χ1n) is 16.7. The van der Waals surface area contributed by atoms with Crippen molar-refractivity contribution in [1.82, 2.24) is 9.80 Å². The number of ether oxygens (including phenoxy) is 2. The summed E-state index contributed by atoms with van der Waals surface area (Å²) in [5.74, 6) is 0.141. The fourth-order valence-electron chi connectivity index (χ4n) is 7.04. The lowest BCUT2D eigenvalue weighted by molar-refractivity contribution is 0.0646. The lowest BCUT2D eigenvalue weighted by atomic mass is 9.75. The van der Waals surface area contributed by atoms with Crippen LogP contribution in [0.4, 0.5) is 11.4 Å². The van der Waals surface area contributed by atoms with Crippen LogP contribution in [0, 0.1) is 0 Å². The normalized spacial score (nSPS) is 18.3. The van der Waals surface area contributed by atoms with Gasteiger partial charge in [0.2, 0.25) is 0 Å². The lowest BCUT2D eigenvalue weighted by Crippen LogP contribution is -2.53. The highest BCUT2D eigenvalue weighted by molar-refractivity contribution is 6.08. The van der Waals surface area contributed by atoms with Gasteiger partial charge >= 0.3 is 0 Å². The summed E-state index contributed by atoms with van der Waals surface area (Å²) in [6, 6.07) is 15.8. The highest BCUT2D eigenvalue weighted by Crippen LogP contribution is 2.39. The van der Waals surface area contributed by atoms with E-state index in [9.17, 15) is 9.59 Å². The summed E-state index contributed by atoms with van der Waals surface area (Å²) in [5, 5.41) is 0. The van der Waals surface area contributed by atoms with Gasteiger partial charge < -0.3 is 19.3 Å². The predicted molar refractivity (Wildman–Crippen MR) is 189 cm³/mol. The Morgan fingerprint density at radius 3 is 1.28 bits per heavy atom. The van der Waals surface area contributed by atoms with Crippen molar-refractivity contribution in [2.24, 2.45) is 0 Å². The number of benzene rings is 2. The van der Waals surface area contributed by atoms with E-state index in [0.717, 1.165) is 48.7 Å². The molecule has 2 heterocycles. The van der Waals surface area contributed by atoms with Crippen molar-refractivity contribution < 1.29 is 19.1 Å². The van der Waals surface area contributed by atoms with Crippen LogP contribution in [-0.4, -0.2) is 113 Å². The molecule has 0 aromatic heterocycles. The zero-order valence-electron chi connectivity index (χ0n) is 28.9. The molecule has 0 N–H and O–H groups in total. The van der Waals surface area contributed by atoms with E-state index in [1.807, 2.05) is 86.5 Å². The number of morpholine rings is 2. The molecule has 8 heteroatoms. The molecule has 0 bridgehead atoms. The zero-order chi connectivity index (χ0) is 33.5. The number of hydrogen-bond acceptors (Lipinski definition) is 8. The number of likely N-dealkylation sites (N-methyl/N-ethyl adjacent to an activating group) is 2. The van der Waals surface area contributed by atoms with Crippen LogP contribution in [0.2, 0.25) is 0 Å². The van der Waals surface area contributed by atoms with E-state index < -0.39 is 11.1 Å². The second-order valence-electron chi connectivity index (χ2n) is 13.0. The molecule has 2 saturated heterocycles. The molecule has 8 nitrogen and oxygen atoms in total. The molecule has 0 amide bonds. The number of rotatable bonds is 15. The molecule has 4 rings (SSSR count). The molecule has 2 aliphatic rings. The Kier molecular flexibility index (Phi) is 12.0. The number of ketones is 2. The van der Waals surface area contributed by atoms with Crippen molar-refractivity contribution in [3.05, 3.63) is 84.0 Å². The minimum atomic E-state index is -0.831. The number of nitrogens with zero attached hydrogens (tertiary/aromatic N) is 4. The van der Waals surface area contributed by atoms with Gasteiger partial charge in [-0.3, -0.25) is 19.4 Å². The summed E-state index contributed by atoms with van der Waals surface area (Å²) >= 11 is 0. The van der Waals surface area contributed by atoms with Crippen LogP contribution in [0.25, 0.3) is 0 Å². The smallest absolute Gasteiger partial charge is 0.185 e. The quantitative estimate of drug-likeness (QED) is 0.183. The molecule has 2 aromatic carbocycles. The number of Topliss-reactive ketones (excluding diaryl/α,β-unsaturated/α-hetero) is 2. The Labute approximate surface area is 276 Å². The van der Waals surface area contributed by atoms with Crippen LogP contribution < -0.4 is 9.80 Å². The van der Waals surface area contributed by atoms with Gasteiger partial charge in [-0.1, -0.05) is 62.4 Å². The number of hydrogen-bond donors (Lipinski definition) is 0. The Morgan fingerprint density at radius 2 is 0.978 bits per heavy atom. The molecule has 46 heavy (non-hydrogen) atoms. The molecule has 2 unspecified atom stereocenters. The van der Waals surface area contributed by atoms with Gasteiger partial charge in [-0.2, -0.15) is 0 Å². The third-order valence-corrected chi connectivity index (χ3v) is 10.2. The molecule has 2 aliphatic heterocycles. The first-order chi connectivity index (χ1) is 22.0. The van der Waals surface area contributed by atoms with Gasteiger partial charge in [-0.15, -0.1) is 0 Å². The third-order valence-electron chi connectivity index (χ3n) is 10.2. The second-order valence-corrected chi connectivity index (χ2v) is 13.0. The lowest BCUT2D eigenvalue weighted by Gasteiger charge is -2.42. The molecule has 250 valence electrons. The molecule has 2 atom stereocenters. The molecule has 2 aromatic rings. The van der Waals surface area contributed by atoms with E-state index in [4.69, 9.17) is 9.47 Å². The maximum atomic E-state index is 14.6. The Bertz CT molecular complexity index is 1290. The summed E-state index contributed by atoms with van der Waals surface area (Å²) in [6.07, 6.45) is 2.02. The molecule has 0 radical (unpaired) electrons. The number of para-hydroxylation sites is 2. The Morgan fingerprint density at radius 1 is 0.652 bits per heavy atom. The van der Waals surface area contributed by atoms with Crippen molar-refractivity contribution in [2.75, 3.05) is 90.6 Å². The number of anilines is 2. The van der Waals surface area contributed by atoms with Crippen molar-refractivity contribution >= 4 is 22.9 Å². The summed E-state index contributed by atoms with van der Waals surface area (Å²) in [7, 11) is 7.88.